The molecule has 1 aromatic heterocycles. The van der Waals surface area contributed by atoms with Crippen LogP contribution in [0.3, 0.4) is 0 Å². The van der Waals surface area contributed by atoms with E-state index in [2.05, 4.69) is 31.1 Å². The summed E-state index contributed by atoms with van der Waals surface area (Å²) in [5.41, 5.74) is 2.77. The molecule has 4 heteroatoms. The van der Waals surface area contributed by atoms with Crippen LogP contribution in [0.25, 0.3) is 0 Å². The Morgan fingerprint density at radius 1 is 1.37 bits per heavy atom. The lowest BCUT2D eigenvalue weighted by Gasteiger charge is -2.14. The van der Waals surface area contributed by atoms with E-state index in [4.69, 9.17) is 11.6 Å². The predicted molar refractivity (Wildman–Crippen MR) is 80.5 cm³/mol. The normalized spacial score (nSPS) is 11.6. The molecule has 2 nitrogen and oxygen atoms in total. The molecule has 1 aromatic carbocycles. The van der Waals surface area contributed by atoms with Gasteiger partial charge in [0.05, 0.1) is 15.7 Å². The van der Waals surface area contributed by atoms with Crippen LogP contribution in [-0.4, -0.2) is 11.3 Å². The SMILES string of the molecule is CC(C)(C)c1csc(Cc2ccc(Cl)c(C=O)c2)n1. The van der Waals surface area contributed by atoms with Crippen molar-refractivity contribution in [1.82, 2.24) is 4.98 Å². The van der Waals surface area contributed by atoms with Gasteiger partial charge in [-0.1, -0.05) is 38.4 Å². The van der Waals surface area contributed by atoms with Gasteiger partial charge in [0.15, 0.2) is 6.29 Å². The van der Waals surface area contributed by atoms with Crippen LogP contribution in [0.15, 0.2) is 23.6 Å². The molecule has 0 spiro atoms. The van der Waals surface area contributed by atoms with E-state index in [0.717, 1.165) is 29.0 Å². The fourth-order valence-electron chi connectivity index (χ4n) is 1.70. The fraction of sp³-hybridized carbons (Fsp3) is 0.333. The highest BCUT2D eigenvalue weighted by Crippen LogP contribution is 2.25. The Morgan fingerprint density at radius 2 is 2.11 bits per heavy atom. The number of aromatic nitrogens is 1. The molecule has 0 aliphatic rings. The number of carbonyl (C=O) groups is 1. The van der Waals surface area contributed by atoms with E-state index in [9.17, 15) is 4.79 Å². The zero-order chi connectivity index (χ0) is 14.0. The minimum Gasteiger partial charge on any atom is -0.298 e. The van der Waals surface area contributed by atoms with Crippen molar-refractivity contribution in [3.8, 4) is 0 Å². The van der Waals surface area contributed by atoms with Crippen LogP contribution in [0, 0.1) is 0 Å². The lowest BCUT2D eigenvalue weighted by atomic mass is 9.93. The van der Waals surface area contributed by atoms with Crippen molar-refractivity contribution in [3.05, 3.63) is 50.4 Å². The first-order chi connectivity index (χ1) is 8.90. The van der Waals surface area contributed by atoms with E-state index in [1.807, 2.05) is 12.1 Å². The van der Waals surface area contributed by atoms with E-state index in [0.29, 0.717) is 10.6 Å². The van der Waals surface area contributed by atoms with Crippen LogP contribution < -0.4 is 0 Å². The summed E-state index contributed by atoms with van der Waals surface area (Å²) in [6.45, 7) is 6.45. The summed E-state index contributed by atoms with van der Waals surface area (Å²) in [6.07, 6.45) is 1.52. The van der Waals surface area contributed by atoms with Crippen molar-refractivity contribution >= 4 is 29.2 Å². The van der Waals surface area contributed by atoms with Crippen molar-refractivity contribution in [2.24, 2.45) is 0 Å². The van der Waals surface area contributed by atoms with Gasteiger partial charge in [-0.3, -0.25) is 4.79 Å². The molecule has 0 atom stereocenters. The number of hydrogen-bond donors (Lipinski definition) is 0. The summed E-state index contributed by atoms with van der Waals surface area (Å²) >= 11 is 7.58. The third-order valence-electron chi connectivity index (χ3n) is 2.86. The number of aldehydes is 1. The van der Waals surface area contributed by atoms with Crippen LogP contribution in [0.5, 0.6) is 0 Å². The van der Waals surface area contributed by atoms with Crippen LogP contribution in [0.2, 0.25) is 5.02 Å². The molecule has 19 heavy (non-hydrogen) atoms. The molecule has 1 heterocycles. The number of carbonyl (C=O) groups excluding carboxylic acids is 1. The number of hydrogen-bond acceptors (Lipinski definition) is 3. The van der Waals surface area contributed by atoms with Gasteiger partial charge in [0, 0.05) is 22.8 Å². The van der Waals surface area contributed by atoms with E-state index in [-0.39, 0.29) is 5.41 Å². The minimum atomic E-state index is 0.0721. The van der Waals surface area contributed by atoms with E-state index in [1.165, 1.54) is 0 Å². The van der Waals surface area contributed by atoms with Gasteiger partial charge in [-0.2, -0.15) is 0 Å². The van der Waals surface area contributed by atoms with Gasteiger partial charge in [-0.05, 0) is 17.7 Å². The maximum Gasteiger partial charge on any atom is 0.151 e. The maximum atomic E-state index is 10.9. The van der Waals surface area contributed by atoms with E-state index >= 15 is 0 Å². The second-order valence-electron chi connectivity index (χ2n) is 5.53. The second kappa shape index (κ2) is 5.43. The first-order valence-electron chi connectivity index (χ1n) is 6.08. The number of thiazole rings is 1. The first kappa shape index (κ1) is 14.2. The molecular formula is C15H16ClNOS. The van der Waals surface area contributed by atoms with Gasteiger partial charge in [-0.25, -0.2) is 4.98 Å². The summed E-state index contributed by atoms with van der Waals surface area (Å²) in [7, 11) is 0. The average molecular weight is 294 g/mol. The average Bonchev–Trinajstić information content (AvgIpc) is 2.80. The van der Waals surface area contributed by atoms with Gasteiger partial charge < -0.3 is 0 Å². The quantitative estimate of drug-likeness (QED) is 0.780. The monoisotopic (exact) mass is 293 g/mol. The van der Waals surface area contributed by atoms with Crippen LogP contribution in [-0.2, 0) is 11.8 Å². The molecule has 0 bridgehead atoms. The number of halogens is 1. The van der Waals surface area contributed by atoms with Crippen LogP contribution in [0.4, 0.5) is 0 Å². The van der Waals surface area contributed by atoms with Crippen molar-refractivity contribution in [2.45, 2.75) is 32.6 Å². The predicted octanol–water partition coefficient (Wildman–Crippen LogP) is 4.50. The zero-order valence-corrected chi connectivity index (χ0v) is 12.8. The van der Waals surface area contributed by atoms with Crippen molar-refractivity contribution < 1.29 is 4.79 Å². The van der Waals surface area contributed by atoms with E-state index in [1.54, 1.807) is 17.4 Å². The van der Waals surface area contributed by atoms with Crippen molar-refractivity contribution in [2.75, 3.05) is 0 Å². The standard InChI is InChI=1S/C15H16ClNOS/c1-15(2,3)13-9-19-14(17-13)7-10-4-5-12(16)11(6-10)8-18/h4-6,8-9H,7H2,1-3H3. The molecule has 2 rings (SSSR count). The molecule has 0 saturated heterocycles. The Bertz CT molecular complexity index is 598. The molecule has 0 unspecified atom stereocenters. The molecule has 2 aromatic rings. The highest BCUT2D eigenvalue weighted by Gasteiger charge is 2.17. The molecular weight excluding hydrogens is 278 g/mol. The van der Waals surface area contributed by atoms with Crippen molar-refractivity contribution in [3.63, 3.8) is 0 Å². The summed E-state index contributed by atoms with van der Waals surface area (Å²) in [5, 5.41) is 3.66. The Hall–Kier alpha value is -1.19. The Balaban J connectivity index is 2.22. The Kier molecular flexibility index (Phi) is 4.07. The highest BCUT2D eigenvalue weighted by atomic mass is 35.5. The molecule has 0 fully saturated rings. The summed E-state index contributed by atoms with van der Waals surface area (Å²) in [6, 6.07) is 5.53. The van der Waals surface area contributed by atoms with Gasteiger partial charge in [0.25, 0.3) is 0 Å². The molecule has 0 amide bonds. The van der Waals surface area contributed by atoms with Crippen LogP contribution in [0.1, 0.15) is 47.4 Å². The van der Waals surface area contributed by atoms with E-state index < -0.39 is 0 Å². The number of rotatable bonds is 3. The molecule has 0 N–H and O–H groups in total. The maximum absolute atomic E-state index is 10.9. The smallest absolute Gasteiger partial charge is 0.151 e. The number of nitrogens with zero attached hydrogens (tertiary/aromatic N) is 1. The van der Waals surface area contributed by atoms with Gasteiger partial charge in [0.2, 0.25) is 0 Å². The fourth-order valence-corrected chi connectivity index (χ4v) is 2.92. The van der Waals surface area contributed by atoms with Gasteiger partial charge >= 0.3 is 0 Å². The lowest BCUT2D eigenvalue weighted by Crippen LogP contribution is -2.11. The minimum absolute atomic E-state index is 0.0721. The topological polar surface area (TPSA) is 30.0 Å². The van der Waals surface area contributed by atoms with Crippen LogP contribution >= 0.6 is 22.9 Å². The second-order valence-corrected chi connectivity index (χ2v) is 6.88. The Labute approximate surface area is 122 Å². The lowest BCUT2D eigenvalue weighted by molar-refractivity contribution is 0.112. The third kappa shape index (κ3) is 3.43. The molecule has 0 saturated carbocycles. The molecule has 0 aliphatic carbocycles. The van der Waals surface area contributed by atoms with Gasteiger partial charge in [0.1, 0.15) is 0 Å². The molecule has 0 radical (unpaired) electrons. The van der Waals surface area contributed by atoms with Crippen molar-refractivity contribution in [1.29, 1.82) is 0 Å². The summed E-state index contributed by atoms with van der Waals surface area (Å²) in [5.74, 6) is 0. The highest BCUT2D eigenvalue weighted by molar-refractivity contribution is 7.09. The largest absolute Gasteiger partial charge is 0.298 e. The molecule has 100 valence electrons. The summed E-state index contributed by atoms with van der Waals surface area (Å²) < 4.78 is 0. The first-order valence-corrected chi connectivity index (χ1v) is 7.34. The zero-order valence-electron chi connectivity index (χ0n) is 11.2. The third-order valence-corrected chi connectivity index (χ3v) is 4.06. The molecule has 0 aliphatic heterocycles. The number of benzene rings is 1. The summed E-state index contributed by atoms with van der Waals surface area (Å²) in [4.78, 5) is 15.5. The van der Waals surface area contributed by atoms with Gasteiger partial charge in [-0.15, -0.1) is 11.3 Å². The Morgan fingerprint density at radius 3 is 2.68 bits per heavy atom.